The first-order valence-corrected chi connectivity index (χ1v) is 7.03. The first kappa shape index (κ1) is 17.4. The van der Waals surface area contributed by atoms with Gasteiger partial charge in [0, 0.05) is 6.07 Å². The fourth-order valence-corrected chi connectivity index (χ4v) is 1.49. The number of hydrogen-bond donors (Lipinski definition) is 4. The number of rotatable bonds is 6. The van der Waals surface area contributed by atoms with Gasteiger partial charge in [-0.15, -0.1) is 0 Å². The van der Waals surface area contributed by atoms with Crippen LogP contribution >= 0.6 is 7.60 Å². The zero-order valence-corrected chi connectivity index (χ0v) is 11.2. The highest BCUT2D eigenvalue weighted by atomic mass is 31.2. The smallest absolute Gasteiger partial charge is 0.418 e. The average Bonchev–Trinajstić information content (AvgIpc) is 2.23. The van der Waals surface area contributed by atoms with Crippen LogP contribution in [0.25, 0.3) is 0 Å². The molecule has 0 spiro atoms. The Kier molecular flexibility index (Phi) is 5.34. The zero-order chi connectivity index (χ0) is 16.3. The molecular weight excluding hydrogens is 320 g/mol. The van der Waals surface area contributed by atoms with Crippen molar-refractivity contribution in [2.75, 3.05) is 24.4 Å². The molecule has 1 heterocycles. The highest BCUT2D eigenvalue weighted by molar-refractivity contribution is 7.51. The van der Waals surface area contributed by atoms with E-state index in [9.17, 15) is 17.7 Å². The van der Waals surface area contributed by atoms with E-state index in [1.54, 1.807) is 0 Å². The molecule has 0 aliphatic rings. The van der Waals surface area contributed by atoms with E-state index in [-0.39, 0.29) is 17.6 Å². The van der Waals surface area contributed by atoms with Gasteiger partial charge in [-0.25, -0.2) is 0 Å². The molecular formula is C8H12F3N4O5P. The SMILES string of the molecule is Nc1cc(OCC(OCP(=O)(O)O)C(F)(F)F)nc(N)n1. The third-order valence-electron chi connectivity index (χ3n) is 1.93. The number of anilines is 2. The van der Waals surface area contributed by atoms with Crippen LogP contribution in [0, 0.1) is 0 Å². The highest BCUT2D eigenvalue weighted by Crippen LogP contribution is 2.36. The van der Waals surface area contributed by atoms with Crippen molar-refractivity contribution in [1.82, 2.24) is 9.97 Å². The van der Waals surface area contributed by atoms with Gasteiger partial charge in [-0.05, 0) is 0 Å². The van der Waals surface area contributed by atoms with Crippen molar-refractivity contribution in [1.29, 1.82) is 0 Å². The fourth-order valence-electron chi connectivity index (χ4n) is 1.12. The molecule has 0 aliphatic heterocycles. The van der Waals surface area contributed by atoms with E-state index in [0.29, 0.717) is 0 Å². The Bertz CT molecular complexity index is 517. The van der Waals surface area contributed by atoms with Crippen LogP contribution in [0.3, 0.4) is 0 Å². The maximum absolute atomic E-state index is 12.6. The van der Waals surface area contributed by atoms with Gasteiger partial charge in [0.05, 0.1) is 0 Å². The summed E-state index contributed by atoms with van der Waals surface area (Å²) in [5.74, 6) is -0.740. The lowest BCUT2D eigenvalue weighted by Gasteiger charge is -2.21. The molecule has 13 heteroatoms. The first-order valence-electron chi connectivity index (χ1n) is 5.23. The summed E-state index contributed by atoms with van der Waals surface area (Å²) < 4.78 is 57.2. The molecule has 0 fully saturated rings. The van der Waals surface area contributed by atoms with Crippen LogP contribution in [0.2, 0.25) is 0 Å². The minimum absolute atomic E-state index is 0.114. The first-order chi connectivity index (χ1) is 9.47. The van der Waals surface area contributed by atoms with Crippen molar-refractivity contribution in [2.45, 2.75) is 12.3 Å². The number of nitrogens with zero attached hydrogens (tertiary/aromatic N) is 2. The average molecular weight is 332 g/mol. The maximum atomic E-state index is 12.6. The molecule has 6 N–H and O–H groups in total. The van der Waals surface area contributed by atoms with Crippen LogP contribution < -0.4 is 16.2 Å². The summed E-state index contributed by atoms with van der Waals surface area (Å²) in [7, 11) is -4.74. The van der Waals surface area contributed by atoms with E-state index in [2.05, 4.69) is 14.7 Å². The van der Waals surface area contributed by atoms with Crippen molar-refractivity contribution < 1.29 is 37.0 Å². The van der Waals surface area contributed by atoms with E-state index in [0.717, 1.165) is 6.07 Å². The van der Waals surface area contributed by atoms with Gasteiger partial charge in [-0.3, -0.25) is 4.57 Å². The Morgan fingerprint density at radius 2 is 1.95 bits per heavy atom. The van der Waals surface area contributed by atoms with Gasteiger partial charge in [-0.2, -0.15) is 23.1 Å². The maximum Gasteiger partial charge on any atom is 0.418 e. The minimum Gasteiger partial charge on any atom is -0.474 e. The van der Waals surface area contributed by atoms with Crippen LogP contribution in [-0.2, 0) is 9.30 Å². The summed E-state index contributed by atoms with van der Waals surface area (Å²) >= 11 is 0. The Morgan fingerprint density at radius 3 is 2.43 bits per heavy atom. The van der Waals surface area contributed by atoms with Crippen LogP contribution in [-0.4, -0.2) is 45.0 Å². The molecule has 0 saturated heterocycles. The molecule has 0 radical (unpaired) electrons. The number of halogens is 3. The van der Waals surface area contributed by atoms with Crippen LogP contribution in [0.5, 0.6) is 5.88 Å². The Morgan fingerprint density at radius 1 is 1.33 bits per heavy atom. The lowest BCUT2D eigenvalue weighted by molar-refractivity contribution is -0.223. The summed E-state index contributed by atoms with van der Waals surface area (Å²) in [6, 6.07) is 1.03. The number of hydrogen-bond acceptors (Lipinski definition) is 7. The van der Waals surface area contributed by atoms with Gasteiger partial charge in [0.2, 0.25) is 11.8 Å². The van der Waals surface area contributed by atoms with Crippen LogP contribution in [0.1, 0.15) is 0 Å². The quantitative estimate of drug-likeness (QED) is 0.531. The van der Waals surface area contributed by atoms with Gasteiger partial charge in [0.15, 0.2) is 6.10 Å². The van der Waals surface area contributed by atoms with Gasteiger partial charge in [-0.1, -0.05) is 0 Å². The second-order valence-corrected chi connectivity index (χ2v) is 5.38. The predicted molar refractivity (Wildman–Crippen MR) is 64.2 cm³/mol. The topological polar surface area (TPSA) is 154 Å². The van der Waals surface area contributed by atoms with Crippen molar-refractivity contribution in [3.05, 3.63) is 6.07 Å². The number of nitrogen functional groups attached to an aromatic ring is 2. The number of ether oxygens (including phenoxy) is 2. The van der Waals surface area contributed by atoms with Crippen molar-refractivity contribution in [3.8, 4) is 5.88 Å². The minimum atomic E-state index is -4.89. The Hall–Kier alpha value is -1.62. The van der Waals surface area contributed by atoms with Crippen LogP contribution in [0.15, 0.2) is 6.07 Å². The standard InChI is InChI=1S/C8H12F3N4O5P/c9-8(10,11)4(20-3-21(16,17)18)2-19-6-1-5(12)14-7(13)15-6/h1,4H,2-3H2,(H2,16,17,18)(H4,12,13,14,15). The number of alkyl halides is 3. The molecule has 0 saturated carbocycles. The molecule has 0 aromatic carbocycles. The van der Waals surface area contributed by atoms with E-state index < -0.39 is 32.8 Å². The van der Waals surface area contributed by atoms with E-state index in [1.165, 1.54) is 0 Å². The molecule has 1 atom stereocenters. The third-order valence-corrected chi connectivity index (χ3v) is 2.42. The molecule has 21 heavy (non-hydrogen) atoms. The second-order valence-electron chi connectivity index (χ2n) is 3.79. The summed E-state index contributed by atoms with van der Waals surface area (Å²) in [5.41, 5.74) is 10.5. The fraction of sp³-hybridized carbons (Fsp3) is 0.500. The Labute approximate surface area is 116 Å². The second kappa shape index (κ2) is 6.43. The highest BCUT2D eigenvalue weighted by Gasteiger charge is 2.42. The summed E-state index contributed by atoms with van der Waals surface area (Å²) in [4.78, 5) is 24.0. The Balaban J connectivity index is 2.71. The third kappa shape index (κ3) is 6.58. The van der Waals surface area contributed by atoms with Crippen molar-refractivity contribution in [3.63, 3.8) is 0 Å². The molecule has 0 aliphatic carbocycles. The summed E-state index contributed by atoms with van der Waals surface area (Å²) in [6.45, 7) is -1.08. The largest absolute Gasteiger partial charge is 0.474 e. The van der Waals surface area contributed by atoms with Gasteiger partial charge in [0.1, 0.15) is 18.8 Å². The van der Waals surface area contributed by atoms with Gasteiger partial charge >= 0.3 is 13.8 Å². The summed E-state index contributed by atoms with van der Waals surface area (Å²) in [5, 5.41) is 0. The van der Waals surface area contributed by atoms with E-state index >= 15 is 0 Å². The van der Waals surface area contributed by atoms with Crippen molar-refractivity contribution >= 4 is 19.4 Å². The van der Waals surface area contributed by atoms with E-state index in [4.69, 9.17) is 26.0 Å². The van der Waals surface area contributed by atoms with Gasteiger partial charge in [0.25, 0.3) is 0 Å². The van der Waals surface area contributed by atoms with E-state index in [1.807, 2.05) is 0 Å². The lowest BCUT2D eigenvalue weighted by atomic mass is 10.4. The lowest BCUT2D eigenvalue weighted by Crippen LogP contribution is -2.37. The predicted octanol–water partition coefficient (Wildman–Crippen LogP) is 0.102. The normalized spacial score (nSPS) is 14.0. The molecule has 0 amide bonds. The molecule has 1 aromatic rings. The molecule has 1 aromatic heterocycles. The van der Waals surface area contributed by atoms with Crippen LogP contribution in [0.4, 0.5) is 24.9 Å². The van der Waals surface area contributed by atoms with Gasteiger partial charge < -0.3 is 30.7 Å². The summed E-state index contributed by atoms with van der Waals surface area (Å²) in [6.07, 6.45) is -8.84. The molecule has 1 unspecified atom stereocenters. The molecule has 9 nitrogen and oxygen atoms in total. The molecule has 1 rings (SSSR count). The monoisotopic (exact) mass is 332 g/mol. The molecule has 0 bridgehead atoms. The number of nitrogens with two attached hydrogens (primary N) is 2. The molecule has 120 valence electrons. The zero-order valence-electron chi connectivity index (χ0n) is 10.3. The van der Waals surface area contributed by atoms with Crippen molar-refractivity contribution in [2.24, 2.45) is 0 Å². The number of aromatic nitrogens is 2.